The molecule has 7 heteroatoms. The summed E-state index contributed by atoms with van der Waals surface area (Å²) < 4.78 is 11.0. The van der Waals surface area contributed by atoms with Gasteiger partial charge in [-0.05, 0) is 30.5 Å². The van der Waals surface area contributed by atoms with Crippen molar-refractivity contribution in [2.24, 2.45) is 0 Å². The number of oxazole rings is 1. The Balaban J connectivity index is 1.51. The van der Waals surface area contributed by atoms with Crippen molar-refractivity contribution in [1.29, 1.82) is 0 Å². The summed E-state index contributed by atoms with van der Waals surface area (Å²) >= 11 is 6.23. The second-order valence-corrected chi connectivity index (χ2v) is 7.09. The summed E-state index contributed by atoms with van der Waals surface area (Å²) in [5.41, 5.74) is 1.51. The summed E-state index contributed by atoms with van der Waals surface area (Å²) in [4.78, 5) is 23.3. The van der Waals surface area contributed by atoms with Gasteiger partial charge in [0.25, 0.3) is 5.91 Å². The van der Waals surface area contributed by atoms with E-state index >= 15 is 0 Å². The van der Waals surface area contributed by atoms with Crippen LogP contribution in [0.5, 0.6) is 5.88 Å². The van der Waals surface area contributed by atoms with Crippen LogP contribution in [0.3, 0.4) is 0 Å². The highest BCUT2D eigenvalue weighted by Gasteiger charge is 2.34. The van der Waals surface area contributed by atoms with Crippen molar-refractivity contribution >= 4 is 17.5 Å². The lowest BCUT2D eigenvalue weighted by atomic mass is 10.1. The van der Waals surface area contributed by atoms with Gasteiger partial charge in [-0.2, -0.15) is 0 Å². The Morgan fingerprint density at radius 1 is 1.25 bits per heavy atom. The van der Waals surface area contributed by atoms with E-state index in [0.717, 1.165) is 24.2 Å². The number of methoxy groups -OCH3 is 1. The third kappa shape index (κ3) is 3.73. The quantitative estimate of drug-likeness (QED) is 0.642. The molecule has 6 nitrogen and oxygen atoms in total. The topological polar surface area (TPSA) is 68.5 Å². The molecule has 0 unspecified atom stereocenters. The van der Waals surface area contributed by atoms with Gasteiger partial charge in [-0.3, -0.25) is 4.79 Å². The fourth-order valence-electron chi connectivity index (χ4n) is 3.45. The van der Waals surface area contributed by atoms with Crippen LogP contribution in [0.2, 0.25) is 5.02 Å². The summed E-state index contributed by atoms with van der Waals surface area (Å²) in [6, 6.07) is 10.9. The Labute approximate surface area is 168 Å². The highest BCUT2D eigenvalue weighted by molar-refractivity contribution is 6.31. The molecule has 3 heterocycles. The van der Waals surface area contributed by atoms with Crippen LogP contribution in [0.25, 0.3) is 0 Å². The third-order valence-electron chi connectivity index (χ3n) is 4.89. The summed E-state index contributed by atoms with van der Waals surface area (Å²) in [5, 5.41) is 0.699. The maximum Gasteiger partial charge on any atom is 0.256 e. The van der Waals surface area contributed by atoms with Gasteiger partial charge in [0.05, 0.1) is 18.9 Å². The van der Waals surface area contributed by atoms with E-state index < -0.39 is 0 Å². The Morgan fingerprint density at radius 2 is 2.11 bits per heavy atom. The van der Waals surface area contributed by atoms with Gasteiger partial charge in [-0.1, -0.05) is 29.8 Å². The normalized spacial score (nSPS) is 16.4. The van der Waals surface area contributed by atoms with Gasteiger partial charge >= 0.3 is 0 Å². The largest absolute Gasteiger partial charge is 0.481 e. The van der Waals surface area contributed by atoms with E-state index in [9.17, 15) is 4.79 Å². The highest BCUT2D eigenvalue weighted by atomic mass is 35.5. The third-order valence-corrected chi connectivity index (χ3v) is 5.25. The molecular formula is C21H20ClN3O3. The van der Waals surface area contributed by atoms with Gasteiger partial charge < -0.3 is 14.1 Å². The first-order valence-corrected chi connectivity index (χ1v) is 9.52. The lowest BCUT2D eigenvalue weighted by molar-refractivity contribution is 0.0714. The molecule has 0 radical (unpaired) electrons. The van der Waals surface area contributed by atoms with Crippen molar-refractivity contribution in [3.8, 4) is 5.88 Å². The standard InChI is InChI=1S/C21H20ClN3O3/c1-27-19-9-8-15(12-23-19)21(26)25-10-4-7-18(25)20-24-13-16(28-20)11-14-5-2-3-6-17(14)22/h2-3,5-6,8-9,12-13,18H,4,7,10-11H2,1H3/t18-/m0/s1. The SMILES string of the molecule is COc1ccc(C(=O)N2CCC[C@H]2c2ncc(Cc3ccccc3Cl)o2)cn1. The van der Waals surface area contributed by atoms with Crippen LogP contribution in [0.1, 0.15) is 46.5 Å². The second-order valence-electron chi connectivity index (χ2n) is 6.68. The lowest BCUT2D eigenvalue weighted by Gasteiger charge is -2.22. The molecule has 0 aliphatic carbocycles. The second kappa shape index (κ2) is 8.02. The average Bonchev–Trinajstić information content (AvgIpc) is 3.38. The number of carbonyl (C=O) groups excluding carboxylic acids is 1. The van der Waals surface area contributed by atoms with Crippen LogP contribution < -0.4 is 4.74 Å². The van der Waals surface area contributed by atoms with E-state index in [-0.39, 0.29) is 11.9 Å². The zero-order valence-electron chi connectivity index (χ0n) is 15.5. The van der Waals surface area contributed by atoms with Gasteiger partial charge in [-0.15, -0.1) is 0 Å². The molecule has 1 aliphatic heterocycles. The minimum Gasteiger partial charge on any atom is -0.481 e. The first kappa shape index (κ1) is 18.5. The molecule has 1 aliphatic rings. The Morgan fingerprint density at radius 3 is 2.86 bits per heavy atom. The molecule has 0 N–H and O–H groups in total. The minimum absolute atomic E-state index is 0.0801. The number of nitrogens with zero attached hydrogens (tertiary/aromatic N) is 3. The Bertz CT molecular complexity index is 971. The smallest absolute Gasteiger partial charge is 0.256 e. The van der Waals surface area contributed by atoms with E-state index in [2.05, 4.69) is 9.97 Å². The van der Waals surface area contributed by atoms with E-state index in [1.807, 2.05) is 24.3 Å². The molecule has 28 heavy (non-hydrogen) atoms. The van der Waals surface area contributed by atoms with Crippen molar-refractivity contribution in [2.75, 3.05) is 13.7 Å². The zero-order chi connectivity index (χ0) is 19.5. The molecule has 0 spiro atoms. The minimum atomic E-state index is -0.172. The predicted molar refractivity (Wildman–Crippen MR) is 105 cm³/mol. The summed E-state index contributed by atoms with van der Waals surface area (Å²) in [7, 11) is 1.54. The van der Waals surface area contributed by atoms with E-state index in [4.69, 9.17) is 20.8 Å². The number of pyridine rings is 1. The molecule has 1 fully saturated rings. The number of benzene rings is 1. The summed E-state index contributed by atoms with van der Waals surface area (Å²) in [6.07, 6.45) is 5.54. The van der Waals surface area contributed by atoms with Crippen LogP contribution in [0.15, 0.2) is 53.2 Å². The van der Waals surface area contributed by atoms with Crippen LogP contribution in [-0.4, -0.2) is 34.4 Å². The number of likely N-dealkylation sites (tertiary alicyclic amines) is 1. The first-order chi connectivity index (χ1) is 13.7. The Hall–Kier alpha value is -2.86. The van der Waals surface area contributed by atoms with E-state index in [1.165, 1.54) is 6.20 Å². The Kier molecular flexibility index (Phi) is 5.30. The van der Waals surface area contributed by atoms with Crippen LogP contribution >= 0.6 is 11.6 Å². The summed E-state index contributed by atoms with van der Waals surface area (Å²) in [6.45, 7) is 0.664. The molecule has 4 rings (SSSR count). The maximum absolute atomic E-state index is 12.9. The van der Waals surface area contributed by atoms with Crippen molar-refractivity contribution in [3.05, 3.63) is 76.6 Å². The van der Waals surface area contributed by atoms with Gasteiger partial charge in [-0.25, -0.2) is 9.97 Å². The number of ether oxygens (including phenoxy) is 1. The molecule has 2 aromatic heterocycles. The molecular weight excluding hydrogens is 378 g/mol. The first-order valence-electron chi connectivity index (χ1n) is 9.14. The number of aromatic nitrogens is 2. The molecule has 144 valence electrons. The number of carbonyl (C=O) groups is 1. The molecule has 1 aromatic carbocycles. The van der Waals surface area contributed by atoms with Crippen LogP contribution in [-0.2, 0) is 6.42 Å². The number of hydrogen-bond donors (Lipinski definition) is 0. The number of amides is 1. The van der Waals surface area contributed by atoms with Gasteiger partial charge in [0.15, 0.2) is 0 Å². The molecule has 3 aromatic rings. The summed E-state index contributed by atoms with van der Waals surface area (Å²) in [5.74, 6) is 1.69. The number of halogens is 1. The fraction of sp³-hybridized carbons (Fsp3) is 0.286. The van der Waals surface area contributed by atoms with E-state index in [0.29, 0.717) is 35.3 Å². The number of rotatable bonds is 5. The molecule has 0 saturated carbocycles. The molecule has 1 saturated heterocycles. The number of hydrogen-bond acceptors (Lipinski definition) is 5. The van der Waals surface area contributed by atoms with Crippen molar-refractivity contribution in [2.45, 2.75) is 25.3 Å². The van der Waals surface area contributed by atoms with E-state index in [1.54, 1.807) is 30.3 Å². The fourth-order valence-corrected chi connectivity index (χ4v) is 3.65. The van der Waals surface area contributed by atoms with Gasteiger partial charge in [0.2, 0.25) is 11.8 Å². The predicted octanol–water partition coefficient (Wildman–Crippen LogP) is 4.30. The van der Waals surface area contributed by atoms with Crippen molar-refractivity contribution in [3.63, 3.8) is 0 Å². The maximum atomic E-state index is 12.9. The van der Waals surface area contributed by atoms with Crippen molar-refractivity contribution in [1.82, 2.24) is 14.9 Å². The molecule has 1 atom stereocenters. The van der Waals surface area contributed by atoms with Gasteiger partial charge in [0, 0.05) is 30.3 Å². The molecule has 1 amide bonds. The average molecular weight is 398 g/mol. The lowest BCUT2D eigenvalue weighted by Crippen LogP contribution is -2.30. The van der Waals surface area contributed by atoms with Crippen molar-refractivity contribution < 1.29 is 13.9 Å². The highest BCUT2D eigenvalue weighted by Crippen LogP contribution is 2.33. The monoisotopic (exact) mass is 397 g/mol. The van der Waals surface area contributed by atoms with Crippen LogP contribution in [0.4, 0.5) is 0 Å². The van der Waals surface area contributed by atoms with Crippen LogP contribution in [0, 0.1) is 0 Å². The van der Waals surface area contributed by atoms with Gasteiger partial charge in [0.1, 0.15) is 11.8 Å². The molecule has 0 bridgehead atoms. The zero-order valence-corrected chi connectivity index (χ0v) is 16.2.